The van der Waals surface area contributed by atoms with E-state index in [0.29, 0.717) is 13.1 Å². The molecule has 0 aliphatic carbocycles. The molecule has 1 saturated heterocycles. The van der Waals surface area contributed by atoms with Crippen molar-refractivity contribution < 1.29 is 14.3 Å². The fraction of sp³-hybridized carbons (Fsp3) is 0.476. The van der Waals surface area contributed by atoms with Gasteiger partial charge in [-0.3, -0.25) is 14.3 Å². The van der Waals surface area contributed by atoms with E-state index in [9.17, 15) is 9.59 Å². The van der Waals surface area contributed by atoms with Gasteiger partial charge in [-0.1, -0.05) is 30.3 Å². The molecule has 3 rings (SSSR count). The molecule has 0 spiro atoms. The lowest BCUT2D eigenvalue weighted by atomic mass is 9.96. The molecule has 2 atom stereocenters. The molecule has 28 heavy (non-hydrogen) atoms. The van der Waals surface area contributed by atoms with Gasteiger partial charge in [0.25, 0.3) is 5.91 Å². The minimum Gasteiger partial charge on any atom is -0.356 e. The fourth-order valence-electron chi connectivity index (χ4n) is 3.73. The van der Waals surface area contributed by atoms with Gasteiger partial charge in [0.15, 0.2) is 6.10 Å². The van der Waals surface area contributed by atoms with Crippen LogP contribution in [-0.4, -0.2) is 51.8 Å². The Hall–Kier alpha value is -2.67. The van der Waals surface area contributed by atoms with Crippen LogP contribution in [0.5, 0.6) is 0 Å². The van der Waals surface area contributed by atoms with Crippen molar-refractivity contribution in [3.8, 4) is 0 Å². The van der Waals surface area contributed by atoms with Gasteiger partial charge in [0.2, 0.25) is 5.91 Å². The van der Waals surface area contributed by atoms with Gasteiger partial charge >= 0.3 is 0 Å². The van der Waals surface area contributed by atoms with E-state index < -0.39 is 12.1 Å². The lowest BCUT2D eigenvalue weighted by Crippen LogP contribution is -2.56. The number of amides is 2. The van der Waals surface area contributed by atoms with Gasteiger partial charge in [-0.2, -0.15) is 5.10 Å². The van der Waals surface area contributed by atoms with Crippen molar-refractivity contribution in [2.24, 2.45) is 0 Å². The number of carbonyl (C=O) groups is 2. The number of carbonyl (C=O) groups excluding carboxylic acids is 2. The molecule has 2 aromatic rings. The number of hydrogen-bond donors (Lipinski definition) is 1. The third-order valence-electron chi connectivity index (χ3n) is 4.94. The summed E-state index contributed by atoms with van der Waals surface area (Å²) in [5.74, 6) is -0.316. The predicted octanol–water partition coefficient (Wildman–Crippen LogP) is 1.99. The zero-order chi connectivity index (χ0) is 20.3. The van der Waals surface area contributed by atoms with Crippen molar-refractivity contribution in [1.29, 1.82) is 0 Å². The van der Waals surface area contributed by atoms with Gasteiger partial charge in [-0.05, 0) is 39.3 Å². The van der Waals surface area contributed by atoms with E-state index in [-0.39, 0.29) is 24.5 Å². The van der Waals surface area contributed by atoms with E-state index in [1.807, 2.05) is 68.8 Å². The quantitative estimate of drug-likeness (QED) is 0.826. The summed E-state index contributed by atoms with van der Waals surface area (Å²) in [6.45, 7) is 8.78. The maximum Gasteiger partial charge on any atom is 0.251 e. The number of ether oxygens (including phenoxy) is 1. The normalized spacial score (nSPS) is 19.9. The SMILES string of the molecule is Cc1cc(C)n(CCNC(=O)[C@H]2OCC(=O)N(C(C)C)[C@@H]2c2ccccc2)n1. The van der Waals surface area contributed by atoms with Crippen molar-refractivity contribution >= 4 is 11.8 Å². The molecule has 2 heterocycles. The molecule has 0 saturated carbocycles. The Labute approximate surface area is 165 Å². The van der Waals surface area contributed by atoms with Crippen molar-refractivity contribution in [2.45, 2.75) is 52.4 Å². The third-order valence-corrected chi connectivity index (χ3v) is 4.94. The Morgan fingerprint density at radius 3 is 2.61 bits per heavy atom. The highest BCUT2D eigenvalue weighted by molar-refractivity contribution is 5.86. The molecule has 7 heteroatoms. The molecular formula is C21H28N4O3. The highest BCUT2D eigenvalue weighted by Crippen LogP contribution is 2.32. The largest absolute Gasteiger partial charge is 0.356 e. The molecule has 1 aliphatic heterocycles. The standard InChI is InChI=1S/C21H28N4O3/c1-14(2)25-18(26)13-28-20(19(25)17-8-6-5-7-9-17)21(27)22-10-11-24-16(4)12-15(3)23-24/h5-9,12,14,19-20H,10-11,13H2,1-4H3,(H,22,27)/t19-,20+/m1/s1. The first kappa shape index (κ1) is 20.1. The Morgan fingerprint density at radius 1 is 1.29 bits per heavy atom. The molecule has 1 aliphatic rings. The van der Waals surface area contributed by atoms with E-state index in [2.05, 4.69) is 10.4 Å². The first-order valence-electron chi connectivity index (χ1n) is 9.65. The number of rotatable bonds is 6. The van der Waals surface area contributed by atoms with Crippen molar-refractivity contribution in [2.75, 3.05) is 13.2 Å². The highest BCUT2D eigenvalue weighted by atomic mass is 16.5. The summed E-state index contributed by atoms with van der Waals surface area (Å²) in [6.07, 6.45) is -0.747. The van der Waals surface area contributed by atoms with Crippen LogP contribution in [0.3, 0.4) is 0 Å². The zero-order valence-corrected chi connectivity index (χ0v) is 16.9. The second kappa shape index (κ2) is 8.56. The van der Waals surface area contributed by atoms with E-state index in [0.717, 1.165) is 17.0 Å². The zero-order valence-electron chi connectivity index (χ0n) is 16.9. The average Bonchev–Trinajstić information content (AvgIpc) is 2.98. The third kappa shape index (κ3) is 4.25. The number of aromatic nitrogens is 2. The molecular weight excluding hydrogens is 356 g/mol. The minimum atomic E-state index is -0.747. The summed E-state index contributed by atoms with van der Waals surface area (Å²) < 4.78 is 7.58. The van der Waals surface area contributed by atoms with Gasteiger partial charge in [-0.15, -0.1) is 0 Å². The maximum absolute atomic E-state index is 12.9. The number of nitrogens with one attached hydrogen (secondary N) is 1. The first-order chi connectivity index (χ1) is 13.4. The van der Waals surface area contributed by atoms with Crippen LogP contribution in [0.2, 0.25) is 0 Å². The molecule has 1 aromatic carbocycles. The Bertz CT molecular complexity index is 831. The monoisotopic (exact) mass is 384 g/mol. The molecule has 0 bridgehead atoms. The van der Waals surface area contributed by atoms with E-state index in [4.69, 9.17) is 4.74 Å². The molecule has 1 fully saturated rings. The summed E-state index contributed by atoms with van der Waals surface area (Å²) in [7, 11) is 0. The summed E-state index contributed by atoms with van der Waals surface area (Å²) in [6, 6.07) is 11.1. The number of hydrogen-bond acceptors (Lipinski definition) is 4. The van der Waals surface area contributed by atoms with E-state index in [1.165, 1.54) is 0 Å². The van der Waals surface area contributed by atoms with Gasteiger partial charge in [0.05, 0.1) is 18.3 Å². The molecule has 2 amide bonds. The maximum atomic E-state index is 12.9. The number of morpholine rings is 1. The van der Waals surface area contributed by atoms with E-state index >= 15 is 0 Å². The summed E-state index contributed by atoms with van der Waals surface area (Å²) in [4.78, 5) is 27.2. The molecule has 0 unspecified atom stereocenters. The van der Waals surface area contributed by atoms with Crippen molar-refractivity contribution in [3.63, 3.8) is 0 Å². The topological polar surface area (TPSA) is 76.5 Å². The minimum absolute atomic E-state index is 0.0356. The van der Waals surface area contributed by atoms with Crippen molar-refractivity contribution in [3.05, 3.63) is 53.3 Å². The van der Waals surface area contributed by atoms with Crippen LogP contribution in [0, 0.1) is 13.8 Å². The molecule has 1 N–H and O–H groups in total. The van der Waals surface area contributed by atoms with Crippen LogP contribution in [0.4, 0.5) is 0 Å². The summed E-state index contributed by atoms with van der Waals surface area (Å²) in [5.41, 5.74) is 2.90. The second-order valence-electron chi connectivity index (χ2n) is 7.42. The summed E-state index contributed by atoms with van der Waals surface area (Å²) >= 11 is 0. The van der Waals surface area contributed by atoms with Gasteiger partial charge in [-0.25, -0.2) is 0 Å². The highest BCUT2D eigenvalue weighted by Gasteiger charge is 2.42. The van der Waals surface area contributed by atoms with Crippen LogP contribution in [0.15, 0.2) is 36.4 Å². The Balaban J connectivity index is 1.74. The van der Waals surface area contributed by atoms with Crippen LogP contribution >= 0.6 is 0 Å². The van der Waals surface area contributed by atoms with Crippen LogP contribution in [0.25, 0.3) is 0 Å². The Kier molecular flexibility index (Phi) is 6.14. The summed E-state index contributed by atoms with van der Waals surface area (Å²) in [5, 5.41) is 7.36. The van der Waals surface area contributed by atoms with Crippen LogP contribution < -0.4 is 5.32 Å². The van der Waals surface area contributed by atoms with Gasteiger partial charge < -0.3 is 15.0 Å². The molecule has 1 aromatic heterocycles. The van der Waals surface area contributed by atoms with Gasteiger partial charge in [0, 0.05) is 18.3 Å². The average molecular weight is 384 g/mol. The molecule has 150 valence electrons. The van der Waals surface area contributed by atoms with Crippen LogP contribution in [-0.2, 0) is 20.9 Å². The lowest BCUT2D eigenvalue weighted by molar-refractivity contribution is -0.167. The van der Waals surface area contributed by atoms with Gasteiger partial charge in [0.1, 0.15) is 6.61 Å². The van der Waals surface area contributed by atoms with Crippen LogP contribution in [0.1, 0.15) is 36.8 Å². The smallest absolute Gasteiger partial charge is 0.251 e. The fourth-order valence-corrected chi connectivity index (χ4v) is 3.73. The number of nitrogens with zero attached hydrogens (tertiary/aromatic N) is 3. The lowest BCUT2D eigenvalue weighted by Gasteiger charge is -2.42. The van der Waals surface area contributed by atoms with Crippen molar-refractivity contribution in [1.82, 2.24) is 20.0 Å². The first-order valence-corrected chi connectivity index (χ1v) is 9.65. The predicted molar refractivity (Wildman–Crippen MR) is 106 cm³/mol. The number of aryl methyl sites for hydroxylation is 2. The second-order valence-corrected chi connectivity index (χ2v) is 7.42. The Morgan fingerprint density at radius 2 is 2.00 bits per heavy atom. The number of benzene rings is 1. The molecule has 7 nitrogen and oxygen atoms in total. The van der Waals surface area contributed by atoms with E-state index in [1.54, 1.807) is 4.90 Å². The molecule has 0 radical (unpaired) electrons.